The fraction of sp³-hybridized carbons (Fsp3) is 0.238. The van der Waals surface area contributed by atoms with Crippen molar-refractivity contribution < 1.29 is 4.39 Å². The van der Waals surface area contributed by atoms with E-state index in [1.807, 2.05) is 26.2 Å². The Bertz CT molecular complexity index is 1300. The summed E-state index contributed by atoms with van der Waals surface area (Å²) in [5.74, 6) is -0.111. The molecule has 8 nitrogen and oxygen atoms in total. The number of nitrogens with one attached hydrogen (secondary N) is 3. The molecule has 0 fully saturated rings. The SMILES string of the molecule is CNCc1ccc(C2Nc3cc(F)cc4c(=O)[nH]nc(c34)C2c2ncnn2C)cc1. The molecule has 5 rings (SSSR count). The van der Waals surface area contributed by atoms with Gasteiger partial charge in [0.2, 0.25) is 0 Å². The summed E-state index contributed by atoms with van der Waals surface area (Å²) >= 11 is 0. The predicted octanol–water partition coefficient (Wildman–Crippen LogP) is 2.21. The quantitative estimate of drug-likeness (QED) is 0.481. The second kappa shape index (κ2) is 7.03. The highest BCUT2D eigenvalue weighted by Crippen LogP contribution is 2.45. The van der Waals surface area contributed by atoms with Crippen LogP contribution in [0.5, 0.6) is 0 Å². The van der Waals surface area contributed by atoms with Crippen LogP contribution < -0.4 is 16.2 Å². The molecule has 0 amide bonds. The molecule has 2 atom stereocenters. The van der Waals surface area contributed by atoms with Gasteiger partial charge in [-0.3, -0.25) is 9.48 Å². The largest absolute Gasteiger partial charge is 0.376 e. The molecule has 0 saturated carbocycles. The van der Waals surface area contributed by atoms with E-state index in [2.05, 4.69) is 43.0 Å². The second-order valence-corrected chi connectivity index (χ2v) is 7.43. The van der Waals surface area contributed by atoms with Crippen LogP contribution in [0.15, 0.2) is 47.5 Å². The van der Waals surface area contributed by atoms with Crippen molar-refractivity contribution in [3.63, 3.8) is 0 Å². The molecular weight excluding hydrogens is 385 g/mol. The standard InChI is InChI=1S/C21H20FN7O/c1-23-9-11-3-5-12(6-4-11)18-17(20-24-10-25-29(20)2)19-16-14(21(30)28-27-19)7-13(22)8-15(16)26-18/h3-8,10,17-18,23,26H,9H2,1-2H3,(H,28,30). The van der Waals surface area contributed by atoms with E-state index in [4.69, 9.17) is 0 Å². The van der Waals surface area contributed by atoms with Crippen LogP contribution in [0.1, 0.15) is 34.6 Å². The van der Waals surface area contributed by atoms with Crippen LogP contribution in [-0.2, 0) is 13.6 Å². The molecule has 0 saturated heterocycles. The normalized spacial score (nSPS) is 17.8. The number of aromatic amines is 1. The zero-order chi connectivity index (χ0) is 20.8. The molecule has 2 aromatic heterocycles. The maximum absolute atomic E-state index is 14.3. The zero-order valence-corrected chi connectivity index (χ0v) is 16.5. The molecule has 0 aliphatic carbocycles. The number of hydrogen-bond donors (Lipinski definition) is 3. The summed E-state index contributed by atoms with van der Waals surface area (Å²) in [6.45, 7) is 0.765. The summed E-state index contributed by atoms with van der Waals surface area (Å²) in [5, 5.41) is 18.6. The van der Waals surface area contributed by atoms with Gasteiger partial charge in [0.05, 0.1) is 23.0 Å². The van der Waals surface area contributed by atoms with Crippen LogP contribution >= 0.6 is 0 Å². The first kappa shape index (κ1) is 18.4. The van der Waals surface area contributed by atoms with Crippen molar-refractivity contribution in [2.24, 2.45) is 7.05 Å². The predicted molar refractivity (Wildman–Crippen MR) is 111 cm³/mol. The lowest BCUT2D eigenvalue weighted by molar-refractivity contribution is 0.564. The van der Waals surface area contributed by atoms with Crippen LogP contribution in [0.25, 0.3) is 10.8 Å². The molecule has 1 aliphatic heterocycles. The number of hydrogen-bond acceptors (Lipinski definition) is 6. The van der Waals surface area contributed by atoms with Gasteiger partial charge in [-0.2, -0.15) is 10.2 Å². The van der Waals surface area contributed by atoms with Crippen LogP contribution in [0.3, 0.4) is 0 Å². The average Bonchev–Trinajstić information content (AvgIpc) is 3.16. The Balaban J connectivity index is 1.74. The molecule has 4 aromatic rings. The Morgan fingerprint density at radius 1 is 1.23 bits per heavy atom. The fourth-order valence-corrected chi connectivity index (χ4v) is 4.22. The van der Waals surface area contributed by atoms with Crippen LogP contribution in [-0.4, -0.2) is 32.0 Å². The fourth-order valence-electron chi connectivity index (χ4n) is 4.22. The maximum Gasteiger partial charge on any atom is 0.272 e. The first-order chi connectivity index (χ1) is 14.6. The van der Waals surface area contributed by atoms with Crippen LogP contribution in [0.4, 0.5) is 10.1 Å². The second-order valence-electron chi connectivity index (χ2n) is 7.43. The summed E-state index contributed by atoms with van der Waals surface area (Å²) in [4.78, 5) is 16.8. The van der Waals surface area contributed by atoms with Gasteiger partial charge in [0.15, 0.2) is 0 Å². The van der Waals surface area contributed by atoms with E-state index in [0.717, 1.165) is 17.7 Å². The van der Waals surface area contributed by atoms with Crippen molar-refractivity contribution in [2.45, 2.75) is 18.5 Å². The van der Waals surface area contributed by atoms with E-state index in [9.17, 15) is 9.18 Å². The van der Waals surface area contributed by atoms with E-state index in [0.29, 0.717) is 22.6 Å². The van der Waals surface area contributed by atoms with Crippen molar-refractivity contribution in [3.05, 3.63) is 81.5 Å². The van der Waals surface area contributed by atoms with Gasteiger partial charge in [-0.05, 0) is 30.3 Å². The van der Waals surface area contributed by atoms with Gasteiger partial charge < -0.3 is 10.6 Å². The van der Waals surface area contributed by atoms with E-state index in [1.165, 1.54) is 18.5 Å². The Morgan fingerprint density at radius 2 is 2.03 bits per heavy atom. The molecular formula is C21H20FN7O. The topological polar surface area (TPSA) is 101 Å². The van der Waals surface area contributed by atoms with E-state index >= 15 is 0 Å². The lowest BCUT2D eigenvalue weighted by atomic mass is 9.83. The Labute approximate surface area is 171 Å². The summed E-state index contributed by atoms with van der Waals surface area (Å²) < 4.78 is 16.0. The number of aryl methyl sites for hydroxylation is 1. The zero-order valence-electron chi connectivity index (χ0n) is 16.5. The first-order valence-electron chi connectivity index (χ1n) is 9.62. The molecule has 0 radical (unpaired) electrons. The number of aromatic nitrogens is 5. The smallest absolute Gasteiger partial charge is 0.272 e. The lowest BCUT2D eigenvalue weighted by Crippen LogP contribution is -2.30. The summed E-state index contributed by atoms with van der Waals surface area (Å²) in [6, 6.07) is 10.6. The van der Waals surface area contributed by atoms with Gasteiger partial charge in [-0.25, -0.2) is 14.5 Å². The van der Waals surface area contributed by atoms with Gasteiger partial charge in [0.25, 0.3) is 5.56 Å². The van der Waals surface area contributed by atoms with E-state index in [-0.39, 0.29) is 17.3 Å². The van der Waals surface area contributed by atoms with Crippen molar-refractivity contribution in [1.82, 2.24) is 30.3 Å². The third-order valence-corrected chi connectivity index (χ3v) is 5.57. The first-order valence-corrected chi connectivity index (χ1v) is 9.62. The number of halogens is 1. The number of H-pyrrole nitrogens is 1. The van der Waals surface area contributed by atoms with Crippen LogP contribution in [0, 0.1) is 5.82 Å². The minimum absolute atomic E-state index is 0.262. The van der Waals surface area contributed by atoms with Gasteiger partial charge >= 0.3 is 0 Å². The average molecular weight is 405 g/mol. The maximum atomic E-state index is 14.3. The molecule has 3 N–H and O–H groups in total. The highest BCUT2D eigenvalue weighted by molar-refractivity contribution is 5.97. The lowest BCUT2D eigenvalue weighted by Gasteiger charge is -2.33. The number of rotatable bonds is 4. The summed E-state index contributed by atoms with van der Waals surface area (Å²) in [7, 11) is 3.72. The number of nitrogens with zero attached hydrogens (tertiary/aromatic N) is 4. The van der Waals surface area contributed by atoms with Gasteiger partial charge in [0.1, 0.15) is 18.0 Å². The molecule has 30 heavy (non-hydrogen) atoms. The number of anilines is 1. The molecule has 9 heteroatoms. The molecule has 2 aromatic carbocycles. The summed E-state index contributed by atoms with van der Waals surface area (Å²) in [6.07, 6.45) is 1.49. The third-order valence-electron chi connectivity index (χ3n) is 5.57. The van der Waals surface area contributed by atoms with Crippen LogP contribution in [0.2, 0.25) is 0 Å². The van der Waals surface area contributed by atoms with Gasteiger partial charge in [-0.1, -0.05) is 24.3 Å². The van der Waals surface area contributed by atoms with Crippen molar-refractivity contribution in [1.29, 1.82) is 0 Å². The third kappa shape index (κ3) is 2.86. The molecule has 0 spiro atoms. The van der Waals surface area contributed by atoms with E-state index in [1.54, 1.807) is 4.68 Å². The minimum Gasteiger partial charge on any atom is -0.376 e. The molecule has 3 heterocycles. The van der Waals surface area contributed by atoms with Crippen molar-refractivity contribution >= 4 is 16.5 Å². The van der Waals surface area contributed by atoms with Gasteiger partial charge in [-0.15, -0.1) is 0 Å². The highest BCUT2D eigenvalue weighted by Gasteiger charge is 2.37. The molecule has 1 aliphatic rings. The monoisotopic (exact) mass is 405 g/mol. The molecule has 0 bridgehead atoms. The van der Waals surface area contributed by atoms with Gasteiger partial charge in [0, 0.05) is 24.7 Å². The highest BCUT2D eigenvalue weighted by atomic mass is 19.1. The van der Waals surface area contributed by atoms with E-state index < -0.39 is 11.4 Å². The summed E-state index contributed by atoms with van der Waals surface area (Å²) in [5.41, 5.74) is 2.91. The number of benzene rings is 2. The Kier molecular flexibility index (Phi) is 4.32. The Hall–Kier alpha value is -3.59. The van der Waals surface area contributed by atoms with Crippen molar-refractivity contribution in [3.8, 4) is 0 Å². The molecule has 152 valence electrons. The Morgan fingerprint density at radius 3 is 2.73 bits per heavy atom. The molecule has 2 unspecified atom stereocenters. The van der Waals surface area contributed by atoms with Crippen molar-refractivity contribution in [2.75, 3.05) is 12.4 Å². The minimum atomic E-state index is -0.479.